The van der Waals surface area contributed by atoms with Crippen LogP contribution >= 0.6 is 0 Å². The number of carbonyl (C=O) groups is 2. The fourth-order valence-electron chi connectivity index (χ4n) is 3.24. The molecule has 2 rings (SSSR count). The lowest BCUT2D eigenvalue weighted by molar-refractivity contribution is -0.131. The zero-order chi connectivity index (χ0) is 18.4. The Morgan fingerprint density at radius 3 is 2.16 bits per heavy atom. The first-order valence-electron chi connectivity index (χ1n) is 9.26. The minimum atomic E-state index is 0.0249. The Kier molecular flexibility index (Phi) is 7.00. The average molecular weight is 345 g/mol. The molecule has 0 unspecified atom stereocenters. The summed E-state index contributed by atoms with van der Waals surface area (Å²) in [6.45, 7) is 11.3. The predicted molar refractivity (Wildman–Crippen MR) is 100 cm³/mol. The summed E-state index contributed by atoms with van der Waals surface area (Å²) in [6, 6.07) is 8.54. The highest BCUT2D eigenvalue weighted by Gasteiger charge is 2.23. The van der Waals surface area contributed by atoms with E-state index in [0.29, 0.717) is 25.6 Å². The number of benzene rings is 1. The molecule has 2 amide bonds. The normalized spacial score (nSPS) is 16.8. The van der Waals surface area contributed by atoms with E-state index >= 15 is 0 Å². The van der Waals surface area contributed by atoms with Gasteiger partial charge in [-0.05, 0) is 23.5 Å². The van der Waals surface area contributed by atoms with Crippen molar-refractivity contribution in [3.8, 4) is 0 Å². The van der Waals surface area contributed by atoms with Crippen molar-refractivity contribution < 1.29 is 9.59 Å². The van der Waals surface area contributed by atoms with E-state index in [1.165, 1.54) is 5.56 Å². The van der Waals surface area contributed by atoms with Gasteiger partial charge in [0.25, 0.3) is 0 Å². The SMILES string of the molecule is CCc1ccc([C@H](NC(=O)CN2CCN(C(C)=O)CC2)C(C)C)cc1. The Morgan fingerprint density at radius 2 is 1.68 bits per heavy atom. The summed E-state index contributed by atoms with van der Waals surface area (Å²) in [4.78, 5) is 27.8. The molecule has 0 spiro atoms. The van der Waals surface area contributed by atoms with Crippen LogP contribution in [0, 0.1) is 5.92 Å². The summed E-state index contributed by atoms with van der Waals surface area (Å²) in [5.74, 6) is 0.486. The van der Waals surface area contributed by atoms with Gasteiger partial charge in [0.05, 0.1) is 12.6 Å². The number of nitrogens with zero attached hydrogens (tertiary/aromatic N) is 2. The summed E-state index contributed by atoms with van der Waals surface area (Å²) in [5.41, 5.74) is 2.46. The van der Waals surface area contributed by atoms with Gasteiger partial charge in [0, 0.05) is 33.1 Å². The second-order valence-electron chi connectivity index (χ2n) is 7.17. The summed E-state index contributed by atoms with van der Waals surface area (Å²) >= 11 is 0. The Labute approximate surface area is 151 Å². The first-order chi connectivity index (χ1) is 11.9. The summed E-state index contributed by atoms with van der Waals surface area (Å²) in [7, 11) is 0. The minimum Gasteiger partial charge on any atom is -0.348 e. The number of hydrogen-bond donors (Lipinski definition) is 1. The van der Waals surface area contributed by atoms with Crippen LogP contribution in [-0.2, 0) is 16.0 Å². The van der Waals surface area contributed by atoms with Crippen LogP contribution in [0.15, 0.2) is 24.3 Å². The van der Waals surface area contributed by atoms with Crippen molar-refractivity contribution in [1.82, 2.24) is 15.1 Å². The molecule has 5 nitrogen and oxygen atoms in total. The number of rotatable bonds is 6. The number of carbonyl (C=O) groups excluding carboxylic acids is 2. The quantitative estimate of drug-likeness (QED) is 0.860. The van der Waals surface area contributed by atoms with Crippen molar-refractivity contribution in [2.75, 3.05) is 32.7 Å². The maximum Gasteiger partial charge on any atom is 0.234 e. The van der Waals surface area contributed by atoms with Gasteiger partial charge in [0.1, 0.15) is 0 Å². The molecule has 1 aliphatic rings. The molecule has 1 aromatic rings. The molecule has 1 fully saturated rings. The zero-order valence-electron chi connectivity index (χ0n) is 15.9. The molecule has 1 saturated heterocycles. The maximum absolute atomic E-state index is 12.5. The molecule has 25 heavy (non-hydrogen) atoms. The summed E-state index contributed by atoms with van der Waals surface area (Å²) in [6.07, 6.45) is 1.02. The number of aryl methyl sites for hydroxylation is 1. The van der Waals surface area contributed by atoms with Gasteiger partial charge in [0.15, 0.2) is 0 Å². The Bertz CT molecular complexity index is 575. The standard InChI is InChI=1S/C20H31N3O2/c1-5-17-6-8-18(9-7-17)20(15(2)3)21-19(25)14-22-10-12-23(13-11-22)16(4)24/h6-9,15,20H,5,10-14H2,1-4H3,(H,21,25)/t20-/m1/s1. The molecular formula is C20H31N3O2. The first kappa shape index (κ1) is 19.4. The molecular weight excluding hydrogens is 314 g/mol. The van der Waals surface area contributed by atoms with Crippen molar-refractivity contribution in [3.05, 3.63) is 35.4 Å². The van der Waals surface area contributed by atoms with E-state index in [-0.39, 0.29) is 17.9 Å². The van der Waals surface area contributed by atoms with Gasteiger partial charge < -0.3 is 10.2 Å². The average Bonchev–Trinajstić information content (AvgIpc) is 2.60. The van der Waals surface area contributed by atoms with Crippen molar-refractivity contribution in [3.63, 3.8) is 0 Å². The van der Waals surface area contributed by atoms with Gasteiger partial charge in [-0.25, -0.2) is 0 Å². The van der Waals surface area contributed by atoms with E-state index in [1.54, 1.807) is 6.92 Å². The van der Waals surface area contributed by atoms with Crippen LogP contribution in [0.5, 0.6) is 0 Å². The smallest absolute Gasteiger partial charge is 0.234 e. The van der Waals surface area contributed by atoms with Crippen LogP contribution in [-0.4, -0.2) is 54.3 Å². The molecule has 0 aliphatic carbocycles. The molecule has 1 aromatic carbocycles. The van der Waals surface area contributed by atoms with Gasteiger partial charge >= 0.3 is 0 Å². The van der Waals surface area contributed by atoms with Crippen molar-refractivity contribution in [2.45, 2.75) is 40.2 Å². The van der Waals surface area contributed by atoms with E-state index in [9.17, 15) is 9.59 Å². The summed E-state index contributed by atoms with van der Waals surface area (Å²) < 4.78 is 0. The summed E-state index contributed by atoms with van der Waals surface area (Å²) in [5, 5.41) is 3.19. The molecule has 138 valence electrons. The molecule has 1 heterocycles. The van der Waals surface area contributed by atoms with Crippen LogP contribution in [0.2, 0.25) is 0 Å². The molecule has 5 heteroatoms. The first-order valence-corrected chi connectivity index (χ1v) is 9.26. The van der Waals surface area contributed by atoms with Crippen molar-refractivity contribution in [2.24, 2.45) is 5.92 Å². The lowest BCUT2D eigenvalue weighted by Gasteiger charge is -2.34. The van der Waals surface area contributed by atoms with Crippen LogP contribution in [0.3, 0.4) is 0 Å². The topological polar surface area (TPSA) is 52.7 Å². The minimum absolute atomic E-state index is 0.0249. The van der Waals surface area contributed by atoms with Gasteiger partial charge in [-0.3, -0.25) is 14.5 Å². The fourth-order valence-corrected chi connectivity index (χ4v) is 3.24. The third-order valence-electron chi connectivity index (χ3n) is 4.92. The van der Waals surface area contributed by atoms with Gasteiger partial charge in [-0.2, -0.15) is 0 Å². The Balaban J connectivity index is 1.91. The van der Waals surface area contributed by atoms with Gasteiger partial charge in [0.2, 0.25) is 11.8 Å². The van der Waals surface area contributed by atoms with Gasteiger partial charge in [-0.1, -0.05) is 45.0 Å². The molecule has 1 N–H and O–H groups in total. The Hall–Kier alpha value is -1.88. The lowest BCUT2D eigenvalue weighted by Crippen LogP contribution is -2.51. The molecule has 0 radical (unpaired) electrons. The monoisotopic (exact) mass is 345 g/mol. The molecule has 1 atom stereocenters. The van der Waals surface area contributed by atoms with Crippen LogP contribution < -0.4 is 5.32 Å². The second kappa shape index (κ2) is 8.99. The lowest BCUT2D eigenvalue weighted by atomic mass is 9.95. The number of nitrogens with one attached hydrogen (secondary N) is 1. The largest absolute Gasteiger partial charge is 0.348 e. The highest BCUT2D eigenvalue weighted by Crippen LogP contribution is 2.22. The van der Waals surface area contributed by atoms with Crippen LogP contribution in [0.1, 0.15) is 44.9 Å². The molecule has 0 aromatic heterocycles. The Morgan fingerprint density at radius 1 is 1.08 bits per heavy atom. The zero-order valence-corrected chi connectivity index (χ0v) is 15.9. The highest BCUT2D eigenvalue weighted by molar-refractivity contribution is 5.78. The number of piperazine rings is 1. The van der Waals surface area contributed by atoms with E-state index in [0.717, 1.165) is 25.1 Å². The molecule has 0 bridgehead atoms. The maximum atomic E-state index is 12.5. The van der Waals surface area contributed by atoms with Gasteiger partial charge in [-0.15, -0.1) is 0 Å². The highest BCUT2D eigenvalue weighted by atomic mass is 16.2. The van der Waals surface area contributed by atoms with Crippen LogP contribution in [0.25, 0.3) is 0 Å². The van der Waals surface area contributed by atoms with E-state index in [2.05, 4.69) is 55.3 Å². The van der Waals surface area contributed by atoms with Crippen LogP contribution in [0.4, 0.5) is 0 Å². The third kappa shape index (κ3) is 5.56. The number of hydrogen-bond acceptors (Lipinski definition) is 3. The predicted octanol–water partition coefficient (Wildman–Crippen LogP) is 2.23. The van der Waals surface area contributed by atoms with E-state index < -0.39 is 0 Å². The van der Waals surface area contributed by atoms with Crippen molar-refractivity contribution >= 4 is 11.8 Å². The van der Waals surface area contributed by atoms with E-state index in [4.69, 9.17) is 0 Å². The molecule has 0 saturated carbocycles. The van der Waals surface area contributed by atoms with Crippen molar-refractivity contribution in [1.29, 1.82) is 0 Å². The second-order valence-corrected chi connectivity index (χ2v) is 7.17. The fraction of sp³-hybridized carbons (Fsp3) is 0.600. The van der Waals surface area contributed by atoms with E-state index in [1.807, 2.05) is 4.90 Å². The third-order valence-corrected chi connectivity index (χ3v) is 4.92. The molecule has 1 aliphatic heterocycles. The number of amides is 2.